The number of hydrogen-bond acceptors (Lipinski definition) is 3. The Labute approximate surface area is 199 Å². The second kappa shape index (κ2) is 9.77. The first-order valence-electron chi connectivity index (χ1n) is 10.5. The van der Waals surface area contributed by atoms with E-state index in [0.717, 1.165) is 22.6 Å². The van der Waals surface area contributed by atoms with Gasteiger partial charge < -0.3 is 10.2 Å². The van der Waals surface area contributed by atoms with Crippen molar-refractivity contribution in [3.8, 4) is 0 Å². The van der Waals surface area contributed by atoms with Gasteiger partial charge in [-0.15, -0.1) is 0 Å². The summed E-state index contributed by atoms with van der Waals surface area (Å²) < 4.78 is 38.4. The molecule has 8 heteroatoms. The van der Waals surface area contributed by atoms with Crippen LogP contribution in [-0.2, 0) is 17.4 Å². The third-order valence-electron chi connectivity index (χ3n) is 5.40. The predicted octanol–water partition coefficient (Wildman–Crippen LogP) is 5.79. The molecule has 1 aliphatic rings. The molecule has 0 saturated carbocycles. The average Bonchev–Trinajstić information content (AvgIpc) is 2.82. The number of carbonyl (C=O) groups excluding carboxylic acids is 2. The van der Waals surface area contributed by atoms with Gasteiger partial charge in [0.1, 0.15) is 0 Å². The van der Waals surface area contributed by atoms with Crippen LogP contribution in [0.4, 0.5) is 18.9 Å². The zero-order valence-corrected chi connectivity index (χ0v) is 19.0. The van der Waals surface area contributed by atoms with Gasteiger partial charge >= 0.3 is 6.18 Å². The Kier molecular flexibility index (Phi) is 6.79. The minimum atomic E-state index is -4.41. The molecule has 3 aromatic rings. The Morgan fingerprint density at radius 1 is 1.03 bits per heavy atom. The van der Waals surface area contributed by atoms with Crippen molar-refractivity contribution in [1.29, 1.82) is 0 Å². The lowest BCUT2D eigenvalue weighted by atomic mass is 10.1. The summed E-state index contributed by atoms with van der Waals surface area (Å²) >= 11 is 1.22. The van der Waals surface area contributed by atoms with Crippen molar-refractivity contribution in [3.05, 3.63) is 100.0 Å². The van der Waals surface area contributed by atoms with Crippen molar-refractivity contribution < 1.29 is 22.8 Å². The molecular weight excluding hydrogens is 461 g/mol. The van der Waals surface area contributed by atoms with Crippen LogP contribution in [0.5, 0.6) is 0 Å². The summed E-state index contributed by atoms with van der Waals surface area (Å²) in [6, 6.07) is 19.6. The summed E-state index contributed by atoms with van der Waals surface area (Å²) in [6.45, 7) is 0.490. The summed E-state index contributed by atoms with van der Waals surface area (Å²) in [7, 11) is 1.61. The lowest BCUT2D eigenvalue weighted by Crippen LogP contribution is -2.31. The molecule has 0 bridgehead atoms. The zero-order chi connectivity index (χ0) is 24.3. The molecule has 4 rings (SSSR count). The number of nitrogens with one attached hydrogen (secondary N) is 1. The number of rotatable bonds is 5. The Bertz CT molecular complexity index is 1240. The Morgan fingerprint density at radius 3 is 2.41 bits per heavy atom. The van der Waals surface area contributed by atoms with E-state index in [1.54, 1.807) is 31.3 Å². The van der Waals surface area contributed by atoms with Crippen LogP contribution in [-0.4, -0.2) is 25.4 Å². The molecule has 0 radical (unpaired) electrons. The lowest BCUT2D eigenvalue weighted by molar-refractivity contribution is -0.137. The van der Waals surface area contributed by atoms with Crippen LogP contribution in [0, 0.1) is 0 Å². The molecule has 4 nitrogen and oxygen atoms in total. The van der Waals surface area contributed by atoms with Crippen molar-refractivity contribution in [3.63, 3.8) is 0 Å². The number of hydrogen-bond donors (Lipinski definition) is 1. The van der Waals surface area contributed by atoms with Crippen molar-refractivity contribution in [1.82, 2.24) is 5.32 Å². The van der Waals surface area contributed by atoms with Crippen LogP contribution in [0.25, 0.3) is 6.08 Å². The molecule has 1 aliphatic heterocycles. The van der Waals surface area contributed by atoms with Crippen molar-refractivity contribution >= 4 is 35.3 Å². The van der Waals surface area contributed by atoms with Crippen LogP contribution in [0.1, 0.15) is 27.0 Å². The number of fused-ring (bicyclic) bond motifs is 1. The van der Waals surface area contributed by atoms with Crippen molar-refractivity contribution in [2.24, 2.45) is 0 Å². The number of thioether (sulfide) groups is 1. The molecule has 174 valence electrons. The second-order valence-corrected chi connectivity index (χ2v) is 8.85. The first kappa shape index (κ1) is 23.6. The smallest absolute Gasteiger partial charge is 0.352 e. The van der Waals surface area contributed by atoms with Gasteiger partial charge in [-0.2, -0.15) is 13.2 Å². The van der Waals surface area contributed by atoms with E-state index in [0.29, 0.717) is 34.7 Å². The van der Waals surface area contributed by atoms with Gasteiger partial charge in [0.25, 0.3) is 11.8 Å². The molecule has 1 heterocycles. The SMILES string of the molecule is CN1C(=O)/C(=C/c2ccc(C(F)(F)F)cc2)Sc2ccc(C(=O)NCCc3ccccc3)cc21. The van der Waals surface area contributed by atoms with Crippen molar-refractivity contribution in [2.75, 3.05) is 18.5 Å². The van der Waals surface area contributed by atoms with Crippen LogP contribution in [0.3, 0.4) is 0 Å². The van der Waals surface area contributed by atoms with E-state index in [1.165, 1.54) is 28.8 Å². The first-order chi connectivity index (χ1) is 16.2. The molecule has 0 saturated heterocycles. The van der Waals surface area contributed by atoms with Crippen LogP contribution in [0.2, 0.25) is 0 Å². The topological polar surface area (TPSA) is 49.4 Å². The van der Waals surface area contributed by atoms with Gasteiger partial charge in [-0.1, -0.05) is 54.2 Å². The Balaban J connectivity index is 1.47. The first-order valence-corrected chi connectivity index (χ1v) is 11.3. The van der Waals surface area contributed by atoms with E-state index in [4.69, 9.17) is 0 Å². The van der Waals surface area contributed by atoms with E-state index >= 15 is 0 Å². The summed E-state index contributed by atoms with van der Waals surface area (Å²) in [5.74, 6) is -0.519. The molecule has 1 N–H and O–H groups in total. The number of benzene rings is 3. The summed E-state index contributed by atoms with van der Waals surface area (Å²) in [5.41, 5.74) is 1.93. The minimum absolute atomic E-state index is 0.226. The fraction of sp³-hybridized carbons (Fsp3) is 0.154. The van der Waals surface area contributed by atoms with Crippen LogP contribution < -0.4 is 10.2 Å². The molecule has 0 fully saturated rings. The summed E-state index contributed by atoms with van der Waals surface area (Å²) in [5, 5.41) is 2.90. The molecule has 0 aromatic heterocycles. The largest absolute Gasteiger partial charge is 0.416 e. The fourth-order valence-electron chi connectivity index (χ4n) is 3.52. The maximum absolute atomic E-state index is 12.9. The molecule has 0 atom stereocenters. The number of anilines is 1. The van der Waals surface area contributed by atoms with E-state index < -0.39 is 11.7 Å². The third-order valence-corrected chi connectivity index (χ3v) is 6.47. The molecule has 34 heavy (non-hydrogen) atoms. The monoisotopic (exact) mass is 482 g/mol. The second-order valence-electron chi connectivity index (χ2n) is 7.77. The van der Waals surface area contributed by atoms with E-state index in [1.807, 2.05) is 30.3 Å². The number of halogens is 3. The van der Waals surface area contributed by atoms with Gasteiger partial charge in [-0.05, 0) is 54.0 Å². The highest BCUT2D eigenvalue weighted by molar-refractivity contribution is 8.04. The van der Waals surface area contributed by atoms with Gasteiger partial charge in [0.05, 0.1) is 16.2 Å². The number of amides is 2. The number of likely N-dealkylation sites (N-methyl/N-ethyl adjacent to an activating group) is 1. The highest BCUT2D eigenvalue weighted by Crippen LogP contribution is 2.42. The molecular formula is C26H21F3N2O2S. The van der Waals surface area contributed by atoms with Gasteiger partial charge in [0.15, 0.2) is 0 Å². The van der Waals surface area contributed by atoms with Crippen LogP contribution in [0.15, 0.2) is 82.6 Å². The standard InChI is InChI=1S/C26H21F3N2O2S/c1-31-21-16-19(24(32)30-14-13-17-5-3-2-4-6-17)9-12-22(21)34-23(25(31)33)15-18-7-10-20(11-8-18)26(27,28)29/h2-12,15-16H,13-14H2,1H3,(H,30,32)/b23-15-. The molecule has 2 amide bonds. The van der Waals surface area contributed by atoms with E-state index in [9.17, 15) is 22.8 Å². The van der Waals surface area contributed by atoms with Gasteiger partial charge in [-0.3, -0.25) is 9.59 Å². The Hall–Kier alpha value is -3.52. The highest BCUT2D eigenvalue weighted by atomic mass is 32.2. The van der Waals surface area contributed by atoms with Crippen molar-refractivity contribution in [2.45, 2.75) is 17.5 Å². The van der Waals surface area contributed by atoms with Crippen LogP contribution >= 0.6 is 11.8 Å². The van der Waals surface area contributed by atoms with Gasteiger partial charge in [-0.25, -0.2) is 0 Å². The van der Waals surface area contributed by atoms with Gasteiger partial charge in [0.2, 0.25) is 0 Å². The predicted molar refractivity (Wildman–Crippen MR) is 128 cm³/mol. The maximum atomic E-state index is 12.9. The summed E-state index contributed by atoms with van der Waals surface area (Å²) in [6.07, 6.45) is -2.13. The Morgan fingerprint density at radius 2 is 1.74 bits per heavy atom. The number of alkyl halides is 3. The number of carbonyl (C=O) groups is 2. The van der Waals surface area contributed by atoms with E-state index in [2.05, 4.69) is 5.32 Å². The average molecular weight is 483 g/mol. The number of nitrogens with zero attached hydrogens (tertiary/aromatic N) is 1. The highest BCUT2D eigenvalue weighted by Gasteiger charge is 2.30. The third kappa shape index (κ3) is 5.34. The molecule has 3 aromatic carbocycles. The minimum Gasteiger partial charge on any atom is -0.352 e. The fourth-order valence-corrected chi connectivity index (χ4v) is 4.61. The molecule has 0 aliphatic carbocycles. The van der Waals surface area contributed by atoms with E-state index in [-0.39, 0.29) is 11.8 Å². The quantitative estimate of drug-likeness (QED) is 0.469. The summed E-state index contributed by atoms with van der Waals surface area (Å²) in [4.78, 5) is 28.1. The normalized spacial score (nSPS) is 14.8. The molecule has 0 spiro atoms. The lowest BCUT2D eigenvalue weighted by Gasteiger charge is -2.27. The zero-order valence-electron chi connectivity index (χ0n) is 18.2. The van der Waals surface area contributed by atoms with Gasteiger partial charge in [0, 0.05) is 24.1 Å². The maximum Gasteiger partial charge on any atom is 0.416 e. The molecule has 0 unspecified atom stereocenters.